The molecule has 7 N–H and O–H groups in total. The number of nitrogens with zero attached hydrogens (tertiary/aromatic N) is 7. The van der Waals surface area contributed by atoms with Crippen LogP contribution < -0.4 is 16.8 Å². The lowest BCUT2D eigenvalue weighted by molar-refractivity contribution is -0.157. The monoisotopic (exact) mass is 572 g/mol. The maximum absolute atomic E-state index is 13.0. The Morgan fingerprint density at radius 2 is 2.24 bits per heavy atom. The molecule has 0 aliphatic carbocycles. The second-order valence-corrected chi connectivity index (χ2v) is 11.0. The molecule has 2 aromatic heterocycles. The molecule has 2 aromatic rings. The van der Waals surface area contributed by atoms with Crippen LogP contribution in [0.25, 0.3) is 0 Å². The van der Waals surface area contributed by atoms with Gasteiger partial charge in [0.15, 0.2) is 10.8 Å². The van der Waals surface area contributed by atoms with Gasteiger partial charge in [-0.2, -0.15) is 0 Å². The van der Waals surface area contributed by atoms with Crippen LogP contribution in [0, 0.1) is 5.41 Å². The van der Waals surface area contributed by atoms with Crippen molar-refractivity contribution in [3.8, 4) is 0 Å². The van der Waals surface area contributed by atoms with Gasteiger partial charge in [-0.1, -0.05) is 16.9 Å². The van der Waals surface area contributed by atoms with E-state index in [1.54, 1.807) is 5.38 Å². The van der Waals surface area contributed by atoms with Gasteiger partial charge in [0.25, 0.3) is 5.91 Å². The van der Waals surface area contributed by atoms with E-state index in [1.807, 2.05) is 0 Å². The number of anilines is 1. The third-order valence-electron chi connectivity index (χ3n) is 5.52. The van der Waals surface area contributed by atoms with Crippen LogP contribution in [0.1, 0.15) is 5.69 Å². The average molecular weight is 573 g/mol. The van der Waals surface area contributed by atoms with Crippen LogP contribution in [0.4, 0.5) is 5.13 Å². The van der Waals surface area contributed by atoms with E-state index in [0.29, 0.717) is 5.16 Å². The number of nitrogens with one attached hydrogen (secondary N) is 1. The second kappa shape index (κ2) is 11.6. The van der Waals surface area contributed by atoms with E-state index in [-0.39, 0.29) is 60.9 Å². The maximum atomic E-state index is 13.0. The number of carbonyl (C=O) groups is 3. The van der Waals surface area contributed by atoms with Crippen molar-refractivity contribution in [3.63, 3.8) is 0 Å². The highest BCUT2D eigenvalue weighted by molar-refractivity contribution is 8.00. The van der Waals surface area contributed by atoms with Gasteiger partial charge in [0, 0.05) is 30.0 Å². The molecule has 0 aromatic carbocycles. The van der Waals surface area contributed by atoms with E-state index in [4.69, 9.17) is 21.4 Å². The second-order valence-electron chi connectivity index (χ2n) is 8.03. The summed E-state index contributed by atoms with van der Waals surface area (Å²) in [5, 5.41) is 38.5. The summed E-state index contributed by atoms with van der Waals surface area (Å²) >= 11 is 3.52. The molecule has 2 aliphatic heterocycles. The number of amides is 2. The van der Waals surface area contributed by atoms with Crippen LogP contribution in [0.5, 0.6) is 0 Å². The molecule has 4 rings (SSSR count). The zero-order chi connectivity index (χ0) is 26.6. The fraction of sp³-hybridized carbons (Fsp3) is 0.556. The van der Waals surface area contributed by atoms with Gasteiger partial charge in [-0.25, -0.2) is 9.67 Å². The number of aliphatic hydroxyl groups excluding tert-OH is 1. The number of nitrogens with two attached hydrogens (primary N) is 2. The van der Waals surface area contributed by atoms with E-state index in [1.165, 1.54) is 21.3 Å². The Balaban J connectivity index is 1.42. The number of aliphatic hydroxyl groups is 1. The number of thioether (sulfide) groups is 2. The topological polar surface area (TPSA) is 237 Å². The third-order valence-corrected chi connectivity index (χ3v) is 9.03. The van der Waals surface area contributed by atoms with Crippen LogP contribution in [0.2, 0.25) is 0 Å². The Kier molecular flexibility index (Phi) is 8.47. The zero-order valence-corrected chi connectivity index (χ0v) is 21.7. The van der Waals surface area contributed by atoms with Crippen molar-refractivity contribution in [1.82, 2.24) is 35.4 Å². The van der Waals surface area contributed by atoms with Crippen molar-refractivity contribution >= 4 is 63.5 Å². The predicted octanol–water partition coefficient (Wildman–Crippen LogP) is -2.35. The fourth-order valence-electron chi connectivity index (χ4n) is 3.62. The van der Waals surface area contributed by atoms with Gasteiger partial charge >= 0.3 is 5.97 Å². The van der Waals surface area contributed by atoms with E-state index < -0.39 is 34.6 Å². The maximum Gasteiger partial charge on any atom is 0.313 e. The van der Waals surface area contributed by atoms with Crippen molar-refractivity contribution in [2.24, 2.45) is 16.3 Å². The van der Waals surface area contributed by atoms with Crippen molar-refractivity contribution in [2.75, 3.05) is 43.5 Å². The van der Waals surface area contributed by atoms with Crippen LogP contribution >= 0.6 is 34.9 Å². The molecule has 2 amide bonds. The van der Waals surface area contributed by atoms with E-state index in [2.05, 4.69) is 31.0 Å². The summed E-state index contributed by atoms with van der Waals surface area (Å²) in [5.41, 5.74) is 9.87. The van der Waals surface area contributed by atoms with Crippen molar-refractivity contribution in [1.29, 1.82) is 0 Å². The first kappa shape index (κ1) is 27.0. The van der Waals surface area contributed by atoms with Gasteiger partial charge in [-0.3, -0.25) is 14.4 Å². The van der Waals surface area contributed by atoms with Gasteiger partial charge in [0.05, 0.1) is 13.2 Å². The van der Waals surface area contributed by atoms with E-state index >= 15 is 0 Å². The number of thiazole rings is 1. The number of tetrazole rings is 1. The molecular weight excluding hydrogens is 548 g/mol. The number of aliphatic carboxylic acids is 1. The molecule has 16 nitrogen and oxygen atoms in total. The fourth-order valence-corrected chi connectivity index (χ4v) is 6.93. The van der Waals surface area contributed by atoms with Gasteiger partial charge in [0.1, 0.15) is 29.1 Å². The number of carboxylic acid groups (broad SMARTS) is 1. The van der Waals surface area contributed by atoms with Gasteiger partial charge in [-0.05, 0) is 10.4 Å². The Bertz CT molecular complexity index is 1190. The lowest BCUT2D eigenvalue weighted by Crippen LogP contribution is -2.74. The normalized spacial score (nSPS) is 23.4. The molecule has 2 fully saturated rings. The summed E-state index contributed by atoms with van der Waals surface area (Å²) in [4.78, 5) is 48.8. The summed E-state index contributed by atoms with van der Waals surface area (Å²) in [7, 11) is 0. The molecule has 4 heterocycles. The molecule has 0 spiro atoms. The Labute approximate surface area is 222 Å². The first-order valence-corrected chi connectivity index (χ1v) is 13.8. The van der Waals surface area contributed by atoms with Crippen LogP contribution in [-0.4, -0.2) is 113 Å². The minimum atomic E-state index is -1.26. The largest absolute Gasteiger partial charge is 0.481 e. The number of β-lactam (4-membered cyclic amide) rings is 1. The highest BCUT2D eigenvalue weighted by Crippen LogP contribution is 2.44. The Morgan fingerprint density at radius 1 is 1.43 bits per heavy atom. The lowest BCUT2D eigenvalue weighted by Gasteiger charge is -2.53. The third kappa shape index (κ3) is 5.64. The molecule has 2 saturated heterocycles. The number of fused-ring (bicyclic) bond motifs is 1. The molecule has 19 heteroatoms. The summed E-state index contributed by atoms with van der Waals surface area (Å²) < 4.78 is 1.38. The van der Waals surface area contributed by atoms with Gasteiger partial charge in [-0.15, -0.1) is 28.2 Å². The van der Waals surface area contributed by atoms with Crippen LogP contribution in [0.3, 0.4) is 0 Å². The number of aromatic nitrogens is 5. The number of carbonyl (C=O) groups excluding carboxylic acids is 2. The lowest BCUT2D eigenvalue weighted by atomic mass is 9.89. The highest BCUT2D eigenvalue weighted by Gasteiger charge is 2.57. The number of nitrogen functional groups attached to an aromatic ring is 1. The van der Waals surface area contributed by atoms with Crippen LogP contribution in [0.15, 0.2) is 15.7 Å². The summed E-state index contributed by atoms with van der Waals surface area (Å²) in [5.74, 6) is -1.84. The SMILES string of the molecule is NCCON=C(C(=O)NC1C(=O)N2CC(CSc3nnnn3CCO)(C(=O)O)CS[C@H]12)c1csc(N)n1. The first-order valence-electron chi connectivity index (χ1n) is 10.9. The van der Waals surface area contributed by atoms with E-state index in [0.717, 1.165) is 23.1 Å². The summed E-state index contributed by atoms with van der Waals surface area (Å²) in [6.07, 6.45) is 0. The number of oxime groups is 1. The summed E-state index contributed by atoms with van der Waals surface area (Å²) in [6, 6.07) is -0.871. The number of carboxylic acids is 1. The Morgan fingerprint density at radius 3 is 2.92 bits per heavy atom. The van der Waals surface area contributed by atoms with Gasteiger partial charge in [0.2, 0.25) is 11.1 Å². The minimum absolute atomic E-state index is 0.0387. The van der Waals surface area contributed by atoms with Crippen molar-refractivity contribution in [2.45, 2.75) is 23.1 Å². The Hall–Kier alpha value is -3.00. The number of rotatable bonds is 12. The summed E-state index contributed by atoms with van der Waals surface area (Å²) in [6.45, 7) is 0.229. The molecule has 200 valence electrons. The molecule has 2 aliphatic rings. The number of hydrogen-bond donors (Lipinski definition) is 5. The molecule has 2 unspecified atom stereocenters. The van der Waals surface area contributed by atoms with E-state index in [9.17, 15) is 19.5 Å². The smallest absolute Gasteiger partial charge is 0.313 e. The van der Waals surface area contributed by atoms with Crippen LogP contribution in [-0.2, 0) is 25.8 Å². The quantitative estimate of drug-likeness (QED) is 0.0588. The van der Waals surface area contributed by atoms with Crippen molar-refractivity contribution < 1.29 is 29.4 Å². The standard InChI is InChI=1S/C18H24N10O6S3/c19-1-4-34-24-10(9-5-35-16(20)21-9)12(30)22-11-13(31)27-6-18(15(32)33,7-36-14(11)27)8-37-17-23-25-26-28(17)2-3-29/h5,11,14,29H,1-4,6-8,19H2,(H2,20,21)(H,22,30)(H,32,33)/t11?,14-,18?/m1/s1. The number of hydrogen-bond acceptors (Lipinski definition) is 15. The molecule has 3 atom stereocenters. The molecule has 0 bridgehead atoms. The zero-order valence-electron chi connectivity index (χ0n) is 19.2. The van der Waals surface area contributed by atoms with Crippen molar-refractivity contribution in [3.05, 3.63) is 11.1 Å². The molecule has 0 radical (unpaired) electrons. The molecule has 37 heavy (non-hydrogen) atoms. The van der Waals surface area contributed by atoms with Gasteiger partial charge < -0.3 is 36.7 Å². The first-order chi connectivity index (χ1) is 17.8. The molecule has 0 saturated carbocycles. The average Bonchev–Trinajstić information content (AvgIpc) is 3.52. The predicted molar refractivity (Wildman–Crippen MR) is 134 cm³/mol. The highest BCUT2D eigenvalue weighted by atomic mass is 32.2. The minimum Gasteiger partial charge on any atom is -0.481 e. The molecular formula is C18H24N10O6S3.